The summed E-state index contributed by atoms with van der Waals surface area (Å²) in [4.78, 5) is 0. The van der Waals surface area contributed by atoms with Crippen molar-refractivity contribution in [3.8, 4) is 0 Å². The molecule has 0 radical (unpaired) electrons. The molecule has 1 aliphatic carbocycles. The highest BCUT2D eigenvalue weighted by Gasteiger charge is 2.28. The van der Waals surface area contributed by atoms with Crippen LogP contribution in [-0.2, 0) is 0 Å². The molecule has 3 atom stereocenters. The van der Waals surface area contributed by atoms with Crippen LogP contribution < -0.4 is 11.1 Å². The van der Waals surface area contributed by atoms with E-state index in [1.165, 1.54) is 11.1 Å². The number of benzene rings is 1. The number of aliphatic hydroxyl groups excluding tert-OH is 1. The van der Waals surface area contributed by atoms with E-state index in [0.29, 0.717) is 6.04 Å². The number of hydrogen-bond donors (Lipinski definition) is 3. The van der Waals surface area contributed by atoms with Crippen molar-refractivity contribution >= 4 is 0 Å². The Morgan fingerprint density at radius 3 is 2.75 bits per heavy atom. The molecule has 0 saturated heterocycles. The van der Waals surface area contributed by atoms with E-state index < -0.39 is 0 Å². The standard InChI is InChI=1S/C13H20N2O/c1-2-9(8-16)15-13-7-12(14)10-5-3-4-6-11(10)13/h3-6,9,12-13,15-16H,2,7-8,14H2,1H3/t9-,12?,13?/m1/s1. The third kappa shape index (κ3) is 2.12. The third-order valence-corrected chi connectivity index (χ3v) is 3.41. The first-order valence-corrected chi connectivity index (χ1v) is 5.97. The fraction of sp³-hybridized carbons (Fsp3) is 0.538. The van der Waals surface area contributed by atoms with Crippen LogP contribution in [0.4, 0.5) is 0 Å². The Balaban J connectivity index is 2.14. The summed E-state index contributed by atoms with van der Waals surface area (Å²) in [6, 6.07) is 8.90. The van der Waals surface area contributed by atoms with Crippen LogP contribution in [0.15, 0.2) is 24.3 Å². The zero-order chi connectivity index (χ0) is 11.5. The van der Waals surface area contributed by atoms with Crippen molar-refractivity contribution in [3.05, 3.63) is 35.4 Å². The maximum absolute atomic E-state index is 9.21. The molecule has 0 aromatic heterocycles. The SMILES string of the molecule is CC[C@H](CO)NC1CC(N)c2ccccc21. The van der Waals surface area contributed by atoms with E-state index in [0.717, 1.165) is 12.8 Å². The first-order chi connectivity index (χ1) is 7.76. The Morgan fingerprint density at radius 2 is 2.12 bits per heavy atom. The van der Waals surface area contributed by atoms with E-state index in [2.05, 4.69) is 24.4 Å². The molecule has 3 heteroatoms. The van der Waals surface area contributed by atoms with Crippen molar-refractivity contribution < 1.29 is 5.11 Å². The van der Waals surface area contributed by atoms with Gasteiger partial charge in [0.1, 0.15) is 0 Å². The highest BCUT2D eigenvalue weighted by molar-refractivity contribution is 5.37. The van der Waals surface area contributed by atoms with Gasteiger partial charge in [-0.05, 0) is 24.0 Å². The van der Waals surface area contributed by atoms with Gasteiger partial charge in [0.05, 0.1) is 6.61 Å². The molecule has 0 spiro atoms. The van der Waals surface area contributed by atoms with Gasteiger partial charge in [-0.1, -0.05) is 31.2 Å². The van der Waals surface area contributed by atoms with Crippen molar-refractivity contribution in [1.29, 1.82) is 0 Å². The summed E-state index contributed by atoms with van der Waals surface area (Å²) in [6.45, 7) is 2.26. The average molecular weight is 220 g/mol. The molecule has 2 unspecified atom stereocenters. The van der Waals surface area contributed by atoms with Gasteiger partial charge in [0.15, 0.2) is 0 Å². The van der Waals surface area contributed by atoms with Crippen LogP contribution in [0.2, 0.25) is 0 Å². The number of rotatable bonds is 4. The van der Waals surface area contributed by atoms with Crippen LogP contribution in [0.3, 0.4) is 0 Å². The van der Waals surface area contributed by atoms with E-state index in [4.69, 9.17) is 5.73 Å². The summed E-state index contributed by atoms with van der Waals surface area (Å²) < 4.78 is 0. The van der Waals surface area contributed by atoms with Crippen LogP contribution in [0, 0.1) is 0 Å². The van der Waals surface area contributed by atoms with E-state index in [-0.39, 0.29) is 18.7 Å². The summed E-state index contributed by atoms with van der Waals surface area (Å²) >= 11 is 0. The number of hydrogen-bond acceptors (Lipinski definition) is 3. The van der Waals surface area contributed by atoms with Gasteiger partial charge in [0.2, 0.25) is 0 Å². The Kier molecular flexibility index (Phi) is 3.59. The molecule has 0 amide bonds. The lowest BCUT2D eigenvalue weighted by molar-refractivity contribution is 0.226. The molecule has 1 aromatic carbocycles. The van der Waals surface area contributed by atoms with Crippen LogP contribution in [0.5, 0.6) is 0 Å². The van der Waals surface area contributed by atoms with E-state index in [1.807, 2.05) is 12.1 Å². The number of fused-ring (bicyclic) bond motifs is 1. The fourth-order valence-corrected chi connectivity index (χ4v) is 2.42. The predicted octanol–water partition coefficient (Wildman–Crippen LogP) is 1.49. The number of nitrogens with two attached hydrogens (primary N) is 1. The second-order valence-corrected chi connectivity index (χ2v) is 4.48. The van der Waals surface area contributed by atoms with Crippen LogP contribution >= 0.6 is 0 Å². The Bertz CT molecular complexity index is 350. The highest BCUT2D eigenvalue weighted by atomic mass is 16.3. The van der Waals surface area contributed by atoms with Gasteiger partial charge in [-0.15, -0.1) is 0 Å². The van der Waals surface area contributed by atoms with Gasteiger partial charge >= 0.3 is 0 Å². The van der Waals surface area contributed by atoms with Crippen molar-refractivity contribution in [1.82, 2.24) is 5.32 Å². The Labute approximate surface area is 96.7 Å². The maximum Gasteiger partial charge on any atom is 0.0584 e. The summed E-state index contributed by atoms with van der Waals surface area (Å²) in [5.74, 6) is 0. The zero-order valence-corrected chi connectivity index (χ0v) is 9.69. The lowest BCUT2D eigenvalue weighted by Crippen LogP contribution is -2.34. The minimum atomic E-state index is 0.130. The predicted molar refractivity (Wildman–Crippen MR) is 65.0 cm³/mol. The lowest BCUT2D eigenvalue weighted by atomic mass is 10.1. The molecule has 4 N–H and O–H groups in total. The molecule has 3 nitrogen and oxygen atoms in total. The molecule has 1 aromatic rings. The van der Waals surface area contributed by atoms with E-state index >= 15 is 0 Å². The number of aliphatic hydroxyl groups is 1. The van der Waals surface area contributed by atoms with Crippen molar-refractivity contribution in [2.45, 2.75) is 37.9 Å². The smallest absolute Gasteiger partial charge is 0.0584 e. The van der Waals surface area contributed by atoms with Crippen LogP contribution in [0.25, 0.3) is 0 Å². The van der Waals surface area contributed by atoms with Gasteiger partial charge in [0, 0.05) is 18.1 Å². The minimum absolute atomic E-state index is 0.130. The maximum atomic E-state index is 9.21. The summed E-state index contributed by atoms with van der Waals surface area (Å²) in [6.07, 6.45) is 1.86. The quantitative estimate of drug-likeness (QED) is 0.720. The average Bonchev–Trinajstić information content (AvgIpc) is 2.64. The van der Waals surface area contributed by atoms with E-state index in [1.54, 1.807) is 0 Å². The Morgan fingerprint density at radius 1 is 1.44 bits per heavy atom. The lowest BCUT2D eigenvalue weighted by Gasteiger charge is -2.20. The largest absolute Gasteiger partial charge is 0.395 e. The normalized spacial score (nSPS) is 25.4. The molecule has 0 saturated carbocycles. The monoisotopic (exact) mass is 220 g/mol. The molecule has 0 aliphatic heterocycles. The molecular formula is C13H20N2O. The molecule has 0 bridgehead atoms. The first kappa shape index (κ1) is 11.6. The second kappa shape index (κ2) is 4.95. The van der Waals surface area contributed by atoms with Crippen molar-refractivity contribution in [2.75, 3.05) is 6.61 Å². The molecule has 2 rings (SSSR count). The van der Waals surface area contributed by atoms with Gasteiger partial charge in [0.25, 0.3) is 0 Å². The summed E-state index contributed by atoms with van der Waals surface area (Å²) in [7, 11) is 0. The molecule has 88 valence electrons. The molecule has 0 heterocycles. The molecule has 16 heavy (non-hydrogen) atoms. The number of nitrogens with one attached hydrogen (secondary N) is 1. The molecule has 0 fully saturated rings. The van der Waals surface area contributed by atoms with Gasteiger partial charge < -0.3 is 16.2 Å². The first-order valence-electron chi connectivity index (χ1n) is 5.97. The van der Waals surface area contributed by atoms with Crippen LogP contribution in [-0.4, -0.2) is 17.8 Å². The second-order valence-electron chi connectivity index (χ2n) is 4.48. The fourth-order valence-electron chi connectivity index (χ4n) is 2.42. The highest BCUT2D eigenvalue weighted by Crippen LogP contribution is 2.37. The summed E-state index contributed by atoms with van der Waals surface area (Å²) in [5, 5.41) is 12.7. The zero-order valence-electron chi connectivity index (χ0n) is 9.69. The van der Waals surface area contributed by atoms with Gasteiger partial charge in [-0.25, -0.2) is 0 Å². The van der Waals surface area contributed by atoms with Crippen molar-refractivity contribution in [3.63, 3.8) is 0 Å². The molecular weight excluding hydrogens is 200 g/mol. The van der Waals surface area contributed by atoms with Gasteiger partial charge in [-0.2, -0.15) is 0 Å². The Hall–Kier alpha value is -0.900. The molecule has 1 aliphatic rings. The third-order valence-electron chi connectivity index (χ3n) is 3.41. The van der Waals surface area contributed by atoms with Gasteiger partial charge in [-0.3, -0.25) is 0 Å². The van der Waals surface area contributed by atoms with Crippen molar-refractivity contribution in [2.24, 2.45) is 5.73 Å². The topological polar surface area (TPSA) is 58.3 Å². The summed E-state index contributed by atoms with van der Waals surface area (Å²) in [5.41, 5.74) is 8.63. The van der Waals surface area contributed by atoms with E-state index in [9.17, 15) is 5.11 Å². The van der Waals surface area contributed by atoms with Crippen LogP contribution in [0.1, 0.15) is 43.0 Å². The minimum Gasteiger partial charge on any atom is -0.395 e.